The summed E-state index contributed by atoms with van der Waals surface area (Å²) < 4.78 is 49.5. The molecule has 0 aliphatic rings. The Labute approximate surface area is 175 Å². The molecule has 156 valence electrons. The Hall–Kier alpha value is -3.36. The smallest absolute Gasteiger partial charge is 0.416 e. The highest BCUT2D eigenvalue weighted by Gasteiger charge is 2.39. The summed E-state index contributed by atoms with van der Waals surface area (Å²) in [6.45, 7) is 1.57. The van der Waals surface area contributed by atoms with E-state index in [4.69, 9.17) is 27.5 Å². The predicted molar refractivity (Wildman–Crippen MR) is 102 cm³/mol. The monoisotopic (exact) mass is 437 g/mol. The molecule has 0 amide bonds. The minimum atomic E-state index is -4.56. The van der Waals surface area contributed by atoms with Gasteiger partial charge in [-0.05, 0) is 36.8 Å². The van der Waals surface area contributed by atoms with Crippen molar-refractivity contribution in [2.24, 2.45) is 0 Å². The summed E-state index contributed by atoms with van der Waals surface area (Å²) in [5.74, 6) is 0.852. The lowest BCUT2D eigenvalue weighted by Crippen LogP contribution is -2.44. The summed E-state index contributed by atoms with van der Waals surface area (Å²) >= 11 is 5.89. The van der Waals surface area contributed by atoms with Crippen LogP contribution < -0.4 is 9.47 Å². The van der Waals surface area contributed by atoms with E-state index in [1.165, 1.54) is 18.2 Å². The van der Waals surface area contributed by atoms with E-state index in [-0.39, 0.29) is 40.7 Å². The second-order valence-electron chi connectivity index (χ2n) is 6.15. The lowest BCUT2D eigenvalue weighted by Gasteiger charge is -2.28. The van der Waals surface area contributed by atoms with Gasteiger partial charge < -0.3 is 14.6 Å². The van der Waals surface area contributed by atoms with E-state index < -0.39 is 23.3 Å². The van der Waals surface area contributed by atoms with Crippen LogP contribution in [0.1, 0.15) is 30.9 Å². The number of nitrogens with zero attached hydrogens (tertiary/aromatic N) is 1. The number of aliphatic carboxylic acids is 1. The normalized spacial score (nSPS) is 12.9. The van der Waals surface area contributed by atoms with Crippen molar-refractivity contribution in [2.45, 2.75) is 31.5 Å². The lowest BCUT2D eigenvalue weighted by molar-refractivity contribution is -0.155. The van der Waals surface area contributed by atoms with Crippen molar-refractivity contribution in [2.75, 3.05) is 0 Å². The number of carboxylic acids is 1. The number of hydrogen-bond acceptors (Lipinski definition) is 4. The number of halogens is 4. The number of carbonyl (C=O) groups is 1. The fourth-order valence-corrected chi connectivity index (χ4v) is 2.73. The minimum absolute atomic E-state index is 0.0211. The molecule has 0 aromatic heterocycles. The quantitative estimate of drug-likeness (QED) is 0.565. The molecule has 0 aliphatic carbocycles. The maximum atomic E-state index is 12.8. The van der Waals surface area contributed by atoms with Crippen molar-refractivity contribution in [3.63, 3.8) is 0 Å². The van der Waals surface area contributed by atoms with E-state index in [2.05, 4.69) is 5.92 Å². The van der Waals surface area contributed by atoms with Gasteiger partial charge in [0.1, 0.15) is 23.3 Å². The van der Waals surface area contributed by atoms with E-state index in [1.54, 1.807) is 6.92 Å². The van der Waals surface area contributed by atoms with Crippen LogP contribution in [0.4, 0.5) is 13.2 Å². The van der Waals surface area contributed by atoms with Crippen LogP contribution in [0.2, 0.25) is 5.02 Å². The van der Waals surface area contributed by atoms with E-state index in [9.17, 15) is 28.3 Å². The van der Waals surface area contributed by atoms with E-state index in [1.807, 2.05) is 6.07 Å². The lowest BCUT2D eigenvalue weighted by atomic mass is 9.96. The molecule has 2 aromatic carbocycles. The number of nitriles is 1. The maximum absolute atomic E-state index is 12.8. The summed E-state index contributed by atoms with van der Waals surface area (Å²) in [6, 6.07) is 8.39. The maximum Gasteiger partial charge on any atom is 0.416 e. The average molecular weight is 438 g/mol. The molecule has 1 atom stereocenters. The van der Waals surface area contributed by atoms with Crippen molar-refractivity contribution < 1.29 is 32.5 Å². The molecule has 2 aromatic rings. The number of hydrogen-bond donors (Lipinski definition) is 1. The molecular weight excluding hydrogens is 423 g/mol. The van der Waals surface area contributed by atoms with Gasteiger partial charge in [0.25, 0.3) is 0 Å². The molecule has 0 spiro atoms. The minimum Gasteiger partial charge on any atom is -0.478 e. The third-order valence-electron chi connectivity index (χ3n) is 4.21. The van der Waals surface area contributed by atoms with Crippen LogP contribution in [-0.4, -0.2) is 16.7 Å². The first-order valence-corrected chi connectivity index (χ1v) is 8.88. The zero-order chi connectivity index (χ0) is 22.5. The first-order valence-electron chi connectivity index (χ1n) is 8.51. The Balaban J connectivity index is 2.41. The van der Waals surface area contributed by atoms with Crippen molar-refractivity contribution >= 4 is 17.6 Å². The Kier molecular flexibility index (Phi) is 6.86. The van der Waals surface area contributed by atoms with Crippen molar-refractivity contribution in [3.8, 4) is 35.7 Å². The fraction of sp³-hybridized carbons (Fsp3) is 0.238. The third kappa shape index (κ3) is 4.97. The van der Waals surface area contributed by atoms with Crippen LogP contribution in [0.3, 0.4) is 0 Å². The number of terminal acetylenes is 1. The highest BCUT2D eigenvalue weighted by molar-refractivity contribution is 6.32. The Bertz CT molecular complexity index is 1040. The molecule has 1 unspecified atom stereocenters. The van der Waals surface area contributed by atoms with Gasteiger partial charge in [0.05, 0.1) is 22.6 Å². The van der Waals surface area contributed by atoms with Crippen molar-refractivity contribution in [1.29, 1.82) is 5.26 Å². The van der Waals surface area contributed by atoms with Gasteiger partial charge in [-0.2, -0.15) is 18.4 Å². The molecular formula is C21H15ClF3NO4. The number of rotatable bonds is 7. The van der Waals surface area contributed by atoms with Crippen LogP contribution >= 0.6 is 11.6 Å². The number of benzene rings is 2. The summed E-state index contributed by atoms with van der Waals surface area (Å²) in [7, 11) is 0. The topological polar surface area (TPSA) is 79.5 Å². The van der Waals surface area contributed by atoms with Gasteiger partial charge >= 0.3 is 12.1 Å². The Morgan fingerprint density at radius 2 is 1.93 bits per heavy atom. The summed E-state index contributed by atoms with van der Waals surface area (Å²) in [5, 5.41) is 18.6. The van der Waals surface area contributed by atoms with E-state index in [0.29, 0.717) is 0 Å². The molecule has 5 nitrogen and oxygen atoms in total. The number of carboxylic acid groups (broad SMARTS) is 1. The molecule has 0 saturated heterocycles. The van der Waals surface area contributed by atoms with E-state index >= 15 is 0 Å². The Morgan fingerprint density at radius 1 is 1.23 bits per heavy atom. The van der Waals surface area contributed by atoms with Gasteiger partial charge in [0.2, 0.25) is 5.60 Å². The van der Waals surface area contributed by atoms with Gasteiger partial charge in [-0.3, -0.25) is 0 Å². The van der Waals surface area contributed by atoms with Gasteiger partial charge in [-0.1, -0.05) is 18.5 Å². The second-order valence-corrected chi connectivity index (χ2v) is 6.56. The van der Waals surface area contributed by atoms with Crippen LogP contribution in [0, 0.1) is 23.7 Å². The zero-order valence-corrected chi connectivity index (χ0v) is 16.3. The van der Waals surface area contributed by atoms with Gasteiger partial charge in [0.15, 0.2) is 0 Å². The van der Waals surface area contributed by atoms with Crippen molar-refractivity contribution in [1.82, 2.24) is 0 Å². The molecule has 9 heteroatoms. The number of ether oxygens (including phenoxy) is 2. The van der Waals surface area contributed by atoms with Crippen LogP contribution in [0.25, 0.3) is 0 Å². The zero-order valence-electron chi connectivity index (χ0n) is 15.6. The van der Waals surface area contributed by atoms with Crippen LogP contribution in [0.5, 0.6) is 17.2 Å². The molecule has 0 radical (unpaired) electrons. The highest BCUT2D eigenvalue weighted by atomic mass is 35.5. The summed E-state index contributed by atoms with van der Waals surface area (Å²) in [4.78, 5) is 11.7. The second kappa shape index (κ2) is 8.98. The SMILES string of the molecule is C#CCC(CC)(Oc1cc(Oc2ccc(C(F)(F)F)cc2Cl)ccc1C#N)C(=O)O. The standard InChI is InChI=1S/C21H15ClF3NO4/c1-3-9-20(4-2,19(27)28)30-18-11-15(7-5-13(18)12-26)29-17-8-6-14(10-16(17)22)21(23,24)25/h1,5-8,10-11H,4,9H2,2H3,(H,27,28). The third-order valence-corrected chi connectivity index (χ3v) is 4.51. The molecule has 2 rings (SSSR count). The number of alkyl halides is 3. The van der Waals surface area contributed by atoms with Gasteiger partial charge in [0, 0.05) is 6.07 Å². The van der Waals surface area contributed by atoms with Gasteiger partial charge in [-0.15, -0.1) is 12.3 Å². The molecule has 0 saturated carbocycles. The molecule has 0 heterocycles. The summed E-state index contributed by atoms with van der Waals surface area (Å²) in [6.07, 6.45) is 0.476. The first-order chi connectivity index (χ1) is 14.1. The molecule has 0 aliphatic heterocycles. The average Bonchev–Trinajstić information content (AvgIpc) is 2.68. The highest BCUT2D eigenvalue weighted by Crippen LogP contribution is 2.38. The molecule has 30 heavy (non-hydrogen) atoms. The van der Waals surface area contributed by atoms with Crippen molar-refractivity contribution in [3.05, 3.63) is 52.5 Å². The van der Waals surface area contributed by atoms with Crippen LogP contribution in [0.15, 0.2) is 36.4 Å². The van der Waals surface area contributed by atoms with E-state index in [0.717, 1.165) is 18.2 Å². The fourth-order valence-electron chi connectivity index (χ4n) is 2.51. The van der Waals surface area contributed by atoms with Gasteiger partial charge in [-0.25, -0.2) is 4.79 Å². The Morgan fingerprint density at radius 3 is 2.43 bits per heavy atom. The summed E-state index contributed by atoms with van der Waals surface area (Å²) in [5.41, 5.74) is -2.67. The molecule has 0 fully saturated rings. The van der Waals surface area contributed by atoms with Crippen LogP contribution in [-0.2, 0) is 11.0 Å². The molecule has 0 bridgehead atoms. The predicted octanol–water partition coefficient (Wildman–Crippen LogP) is 5.66. The molecule has 1 N–H and O–H groups in total. The first kappa shape index (κ1) is 22.9. The largest absolute Gasteiger partial charge is 0.478 e.